The second kappa shape index (κ2) is 8.64. The number of nitrogens with zero attached hydrogens (tertiary/aromatic N) is 2. The Morgan fingerprint density at radius 3 is 1.96 bits per heavy atom. The quantitative estimate of drug-likeness (QED) is 0.756. The number of carbonyl (C=O) groups excluding carboxylic acids is 1. The fourth-order valence-corrected chi connectivity index (χ4v) is 4.23. The number of rotatable bonds is 5. The summed E-state index contributed by atoms with van der Waals surface area (Å²) in [5.74, 6) is 0.531. The summed E-state index contributed by atoms with van der Waals surface area (Å²) in [6.45, 7) is 5.69. The van der Waals surface area contributed by atoms with Crippen molar-refractivity contribution in [3.05, 3.63) is 83.4 Å². The minimum Gasteiger partial charge on any atom is -0.299 e. The van der Waals surface area contributed by atoms with Crippen LogP contribution in [0.4, 0.5) is 0 Å². The molecular formula is C24H28N2O. The minimum atomic E-state index is 0.0985. The van der Waals surface area contributed by atoms with Crippen molar-refractivity contribution in [2.24, 2.45) is 5.92 Å². The number of benzene rings is 2. The second-order valence-electron chi connectivity index (χ2n) is 7.74. The Morgan fingerprint density at radius 2 is 1.37 bits per heavy atom. The fraction of sp³-hybridized carbons (Fsp3) is 0.375. The van der Waals surface area contributed by atoms with E-state index in [-0.39, 0.29) is 5.92 Å². The van der Waals surface area contributed by atoms with E-state index in [1.165, 1.54) is 16.7 Å². The van der Waals surface area contributed by atoms with Gasteiger partial charge in [0.2, 0.25) is 0 Å². The molecule has 0 amide bonds. The molecule has 1 saturated heterocycles. The molecule has 27 heavy (non-hydrogen) atoms. The average Bonchev–Trinajstić information content (AvgIpc) is 2.72. The zero-order valence-electron chi connectivity index (χ0n) is 15.9. The van der Waals surface area contributed by atoms with Gasteiger partial charge in [-0.05, 0) is 17.5 Å². The van der Waals surface area contributed by atoms with Gasteiger partial charge in [0, 0.05) is 45.7 Å². The van der Waals surface area contributed by atoms with Crippen LogP contribution >= 0.6 is 0 Å². The number of hydrogen-bond donors (Lipinski definition) is 0. The van der Waals surface area contributed by atoms with Crippen molar-refractivity contribution < 1.29 is 4.79 Å². The standard InChI is InChI=1S/C24H28N2O/c27-24-13-16-26(18-21-9-5-2-6-10-21)19-23(24)22-11-14-25(15-12-22)17-20-7-3-1-4-8-20/h1-11,23H,12-19H2. The molecule has 0 bridgehead atoms. The number of likely N-dealkylation sites (tertiary alicyclic amines) is 1. The van der Waals surface area contributed by atoms with Gasteiger partial charge in [0.25, 0.3) is 0 Å². The van der Waals surface area contributed by atoms with Crippen LogP contribution in [0.15, 0.2) is 72.3 Å². The maximum absolute atomic E-state index is 12.6. The maximum atomic E-state index is 12.6. The zero-order chi connectivity index (χ0) is 18.5. The van der Waals surface area contributed by atoms with Crippen LogP contribution in [0.3, 0.4) is 0 Å². The SMILES string of the molecule is O=C1CCN(Cc2ccccc2)CC1C1=CCN(Cc2ccccc2)CC1. The van der Waals surface area contributed by atoms with Gasteiger partial charge >= 0.3 is 0 Å². The predicted octanol–water partition coefficient (Wildman–Crippen LogP) is 3.91. The van der Waals surface area contributed by atoms with Crippen LogP contribution in [0.5, 0.6) is 0 Å². The maximum Gasteiger partial charge on any atom is 0.142 e. The van der Waals surface area contributed by atoms with Gasteiger partial charge in [-0.2, -0.15) is 0 Å². The van der Waals surface area contributed by atoms with Gasteiger partial charge < -0.3 is 0 Å². The molecular weight excluding hydrogens is 332 g/mol. The average molecular weight is 361 g/mol. The molecule has 0 saturated carbocycles. The lowest BCUT2D eigenvalue weighted by Crippen LogP contribution is -2.42. The lowest BCUT2D eigenvalue weighted by Gasteiger charge is -2.35. The smallest absolute Gasteiger partial charge is 0.142 e. The van der Waals surface area contributed by atoms with E-state index in [2.05, 4.69) is 76.5 Å². The van der Waals surface area contributed by atoms with Crippen molar-refractivity contribution in [2.45, 2.75) is 25.9 Å². The fourth-order valence-electron chi connectivity index (χ4n) is 4.23. The Balaban J connectivity index is 1.36. The first kappa shape index (κ1) is 18.1. The van der Waals surface area contributed by atoms with Crippen LogP contribution in [-0.4, -0.2) is 41.8 Å². The van der Waals surface area contributed by atoms with Crippen LogP contribution in [0.25, 0.3) is 0 Å². The van der Waals surface area contributed by atoms with Crippen LogP contribution in [-0.2, 0) is 17.9 Å². The Labute approximate surface area is 162 Å². The van der Waals surface area contributed by atoms with Gasteiger partial charge in [-0.15, -0.1) is 0 Å². The van der Waals surface area contributed by atoms with E-state index in [1.807, 2.05) is 0 Å². The third kappa shape index (κ3) is 4.74. The highest BCUT2D eigenvalue weighted by Crippen LogP contribution is 2.27. The lowest BCUT2D eigenvalue weighted by atomic mass is 9.85. The topological polar surface area (TPSA) is 23.6 Å². The molecule has 1 atom stereocenters. The molecule has 2 aromatic rings. The second-order valence-corrected chi connectivity index (χ2v) is 7.74. The third-order valence-electron chi connectivity index (χ3n) is 5.78. The highest BCUT2D eigenvalue weighted by atomic mass is 16.1. The van der Waals surface area contributed by atoms with E-state index < -0.39 is 0 Å². The first-order valence-corrected chi connectivity index (χ1v) is 10.0. The van der Waals surface area contributed by atoms with Crippen molar-refractivity contribution in [1.82, 2.24) is 9.80 Å². The Hall–Kier alpha value is -2.23. The number of carbonyl (C=O) groups is 1. The normalized spacial score (nSPS) is 21.9. The summed E-state index contributed by atoms with van der Waals surface area (Å²) in [6.07, 6.45) is 4.02. The van der Waals surface area contributed by atoms with Crippen LogP contribution in [0.1, 0.15) is 24.0 Å². The van der Waals surface area contributed by atoms with E-state index >= 15 is 0 Å². The van der Waals surface area contributed by atoms with Crippen LogP contribution in [0.2, 0.25) is 0 Å². The minimum absolute atomic E-state index is 0.0985. The van der Waals surface area contributed by atoms with Crippen molar-refractivity contribution in [3.63, 3.8) is 0 Å². The van der Waals surface area contributed by atoms with Crippen molar-refractivity contribution in [2.75, 3.05) is 26.2 Å². The van der Waals surface area contributed by atoms with E-state index in [0.717, 1.165) is 45.7 Å². The number of Topliss-reactive ketones (excluding diaryl/α,β-unsaturated/α-hetero) is 1. The zero-order valence-corrected chi connectivity index (χ0v) is 15.9. The summed E-state index contributed by atoms with van der Waals surface area (Å²) >= 11 is 0. The molecule has 0 radical (unpaired) electrons. The lowest BCUT2D eigenvalue weighted by molar-refractivity contribution is -0.125. The highest BCUT2D eigenvalue weighted by molar-refractivity contribution is 5.85. The number of ketones is 1. The van der Waals surface area contributed by atoms with Crippen LogP contribution in [0, 0.1) is 5.92 Å². The molecule has 0 aliphatic carbocycles. The molecule has 1 unspecified atom stereocenters. The number of piperidine rings is 1. The predicted molar refractivity (Wildman–Crippen MR) is 109 cm³/mol. The van der Waals surface area contributed by atoms with Crippen molar-refractivity contribution >= 4 is 5.78 Å². The Morgan fingerprint density at radius 1 is 0.778 bits per heavy atom. The molecule has 140 valence electrons. The van der Waals surface area contributed by atoms with E-state index in [1.54, 1.807) is 0 Å². The van der Waals surface area contributed by atoms with Gasteiger partial charge in [0.05, 0.1) is 5.92 Å². The van der Waals surface area contributed by atoms with E-state index in [9.17, 15) is 4.79 Å². The van der Waals surface area contributed by atoms with Gasteiger partial charge in [0.15, 0.2) is 0 Å². The molecule has 2 heterocycles. The molecule has 3 heteroatoms. The van der Waals surface area contributed by atoms with Gasteiger partial charge in [-0.25, -0.2) is 0 Å². The Kier molecular flexibility index (Phi) is 5.81. The summed E-state index contributed by atoms with van der Waals surface area (Å²) in [5, 5.41) is 0. The highest BCUT2D eigenvalue weighted by Gasteiger charge is 2.31. The Bertz CT molecular complexity index is 785. The third-order valence-corrected chi connectivity index (χ3v) is 5.78. The molecule has 2 aliphatic rings. The van der Waals surface area contributed by atoms with E-state index in [0.29, 0.717) is 12.2 Å². The molecule has 3 nitrogen and oxygen atoms in total. The molecule has 4 rings (SSSR count). The molecule has 0 spiro atoms. The van der Waals surface area contributed by atoms with Gasteiger partial charge in [0.1, 0.15) is 5.78 Å². The molecule has 2 aliphatic heterocycles. The van der Waals surface area contributed by atoms with Gasteiger partial charge in [-0.1, -0.05) is 72.3 Å². The van der Waals surface area contributed by atoms with Crippen LogP contribution < -0.4 is 0 Å². The van der Waals surface area contributed by atoms with E-state index in [4.69, 9.17) is 0 Å². The summed E-state index contributed by atoms with van der Waals surface area (Å²) in [6, 6.07) is 21.2. The first-order valence-electron chi connectivity index (χ1n) is 10.0. The number of hydrogen-bond acceptors (Lipinski definition) is 3. The summed E-state index contributed by atoms with van der Waals surface area (Å²) in [4.78, 5) is 17.5. The molecule has 0 aromatic heterocycles. The summed E-state index contributed by atoms with van der Waals surface area (Å²) in [7, 11) is 0. The largest absolute Gasteiger partial charge is 0.299 e. The van der Waals surface area contributed by atoms with Crippen molar-refractivity contribution in [3.8, 4) is 0 Å². The summed E-state index contributed by atoms with van der Waals surface area (Å²) < 4.78 is 0. The molecule has 2 aromatic carbocycles. The van der Waals surface area contributed by atoms with Crippen molar-refractivity contribution in [1.29, 1.82) is 0 Å². The first-order chi connectivity index (χ1) is 13.3. The summed E-state index contributed by atoms with van der Waals surface area (Å²) in [5.41, 5.74) is 4.05. The monoisotopic (exact) mass is 360 g/mol. The molecule has 0 N–H and O–H groups in total. The molecule has 1 fully saturated rings. The van der Waals surface area contributed by atoms with Gasteiger partial charge in [-0.3, -0.25) is 14.6 Å².